The summed E-state index contributed by atoms with van der Waals surface area (Å²) in [5.74, 6) is 0.438. The van der Waals surface area contributed by atoms with Gasteiger partial charge in [-0.2, -0.15) is 0 Å². The minimum Gasteiger partial charge on any atom is -0.490 e. The second kappa shape index (κ2) is 4.80. The van der Waals surface area contributed by atoms with Crippen molar-refractivity contribution >= 4 is 11.8 Å². The molecule has 6 nitrogen and oxygen atoms in total. The van der Waals surface area contributed by atoms with Crippen LogP contribution in [-0.2, 0) is 0 Å². The number of hydrogen-bond acceptors (Lipinski definition) is 4. The third kappa shape index (κ3) is 2.16. The van der Waals surface area contributed by atoms with Crippen molar-refractivity contribution in [3.05, 3.63) is 29.8 Å². The molecular weight excluding hydrogens is 260 g/mol. The fraction of sp³-hybridized carbons (Fsp3) is 0.214. The van der Waals surface area contributed by atoms with E-state index in [4.69, 9.17) is 20.3 Å². The number of carboxylic acid groups (broad SMARTS) is 1. The Morgan fingerprint density at radius 1 is 1.20 bits per heavy atom. The number of benzene rings is 1. The van der Waals surface area contributed by atoms with E-state index in [1.165, 1.54) is 6.07 Å². The van der Waals surface area contributed by atoms with Gasteiger partial charge in [-0.15, -0.1) is 0 Å². The maximum absolute atomic E-state index is 11.0. The molecule has 0 aliphatic carbocycles. The molecular formula is C14H14N2O4. The van der Waals surface area contributed by atoms with Crippen molar-refractivity contribution in [2.45, 2.75) is 6.42 Å². The first-order valence-corrected chi connectivity index (χ1v) is 6.27. The van der Waals surface area contributed by atoms with Crippen LogP contribution in [0.5, 0.6) is 11.5 Å². The fourth-order valence-electron chi connectivity index (χ4n) is 2.13. The number of aromatic carboxylic acids is 1. The van der Waals surface area contributed by atoms with Crippen LogP contribution in [0.15, 0.2) is 24.3 Å². The molecule has 0 bridgehead atoms. The molecule has 2 aromatic rings. The van der Waals surface area contributed by atoms with E-state index >= 15 is 0 Å². The average molecular weight is 274 g/mol. The van der Waals surface area contributed by atoms with Gasteiger partial charge in [0.2, 0.25) is 0 Å². The first-order valence-electron chi connectivity index (χ1n) is 6.27. The monoisotopic (exact) mass is 274 g/mol. The van der Waals surface area contributed by atoms with Crippen molar-refractivity contribution in [3.8, 4) is 22.8 Å². The number of nitrogens with two attached hydrogens (primary N) is 1. The number of H-pyrrole nitrogens is 1. The molecule has 0 fully saturated rings. The highest BCUT2D eigenvalue weighted by Gasteiger charge is 2.16. The van der Waals surface area contributed by atoms with E-state index in [-0.39, 0.29) is 11.4 Å². The number of ether oxygens (including phenoxy) is 2. The summed E-state index contributed by atoms with van der Waals surface area (Å²) in [7, 11) is 0. The standard InChI is InChI=1S/C14H14N2O4/c15-13-9(14(17)18)7-10(16-13)8-2-3-11-12(6-8)20-5-1-4-19-11/h2-3,6-7,16H,1,4-5,15H2,(H,17,18). The van der Waals surface area contributed by atoms with Crippen LogP contribution in [-0.4, -0.2) is 29.3 Å². The van der Waals surface area contributed by atoms with Gasteiger partial charge in [0, 0.05) is 17.7 Å². The number of rotatable bonds is 2. The highest BCUT2D eigenvalue weighted by atomic mass is 16.5. The number of nitrogens with one attached hydrogen (secondary N) is 1. The summed E-state index contributed by atoms with van der Waals surface area (Å²) in [6.45, 7) is 1.23. The normalized spacial score (nSPS) is 13.8. The van der Waals surface area contributed by atoms with E-state index in [1.807, 2.05) is 18.2 Å². The maximum atomic E-state index is 11.0. The number of fused-ring (bicyclic) bond motifs is 1. The molecule has 0 amide bonds. The maximum Gasteiger partial charge on any atom is 0.339 e. The largest absolute Gasteiger partial charge is 0.490 e. The molecule has 0 unspecified atom stereocenters. The zero-order valence-corrected chi connectivity index (χ0v) is 10.7. The third-order valence-corrected chi connectivity index (χ3v) is 3.14. The zero-order chi connectivity index (χ0) is 14.1. The molecule has 104 valence electrons. The van der Waals surface area contributed by atoms with Crippen LogP contribution in [0.4, 0.5) is 5.82 Å². The van der Waals surface area contributed by atoms with Gasteiger partial charge in [-0.1, -0.05) is 0 Å². The van der Waals surface area contributed by atoms with Gasteiger partial charge in [0.1, 0.15) is 11.4 Å². The molecule has 3 rings (SSSR count). The van der Waals surface area contributed by atoms with Crippen molar-refractivity contribution in [1.82, 2.24) is 4.98 Å². The molecule has 0 radical (unpaired) electrons. The summed E-state index contributed by atoms with van der Waals surface area (Å²) in [6, 6.07) is 6.98. The van der Waals surface area contributed by atoms with Gasteiger partial charge in [-0.3, -0.25) is 0 Å². The Morgan fingerprint density at radius 3 is 2.65 bits per heavy atom. The number of aromatic amines is 1. The molecule has 20 heavy (non-hydrogen) atoms. The van der Waals surface area contributed by atoms with Crippen LogP contribution in [0.3, 0.4) is 0 Å². The predicted molar refractivity (Wildman–Crippen MR) is 73.2 cm³/mol. The van der Waals surface area contributed by atoms with Crippen LogP contribution in [0, 0.1) is 0 Å². The number of hydrogen-bond donors (Lipinski definition) is 3. The van der Waals surface area contributed by atoms with E-state index in [0.717, 1.165) is 12.0 Å². The van der Waals surface area contributed by atoms with Crippen LogP contribution < -0.4 is 15.2 Å². The molecule has 0 atom stereocenters. The Kier molecular flexibility index (Phi) is 2.98. The molecule has 1 aromatic carbocycles. The lowest BCUT2D eigenvalue weighted by molar-refractivity contribution is 0.0698. The Morgan fingerprint density at radius 2 is 1.95 bits per heavy atom. The van der Waals surface area contributed by atoms with Gasteiger partial charge in [0.15, 0.2) is 11.5 Å². The Labute approximate surface area is 115 Å². The summed E-state index contributed by atoms with van der Waals surface area (Å²) in [4.78, 5) is 13.9. The summed E-state index contributed by atoms with van der Waals surface area (Å²) in [5.41, 5.74) is 7.15. The SMILES string of the molecule is Nc1[nH]c(-c2ccc3c(c2)OCCCO3)cc1C(=O)O. The number of anilines is 1. The van der Waals surface area contributed by atoms with Gasteiger partial charge in [-0.05, 0) is 24.3 Å². The van der Waals surface area contributed by atoms with Crippen molar-refractivity contribution in [2.75, 3.05) is 18.9 Å². The number of aromatic nitrogens is 1. The lowest BCUT2D eigenvalue weighted by atomic mass is 10.1. The van der Waals surface area contributed by atoms with Gasteiger partial charge in [-0.25, -0.2) is 4.79 Å². The van der Waals surface area contributed by atoms with Crippen LogP contribution in [0.1, 0.15) is 16.8 Å². The van der Waals surface area contributed by atoms with Crippen molar-refractivity contribution in [2.24, 2.45) is 0 Å². The number of carbonyl (C=O) groups is 1. The molecule has 0 saturated heterocycles. The summed E-state index contributed by atoms with van der Waals surface area (Å²) in [6.07, 6.45) is 0.836. The molecule has 6 heteroatoms. The lowest BCUT2D eigenvalue weighted by Gasteiger charge is -2.08. The minimum absolute atomic E-state index is 0.0621. The molecule has 0 saturated carbocycles. The van der Waals surface area contributed by atoms with Gasteiger partial charge >= 0.3 is 5.97 Å². The Balaban J connectivity index is 2.00. The predicted octanol–water partition coefficient (Wildman–Crippen LogP) is 2.12. The lowest BCUT2D eigenvalue weighted by Crippen LogP contribution is -1.98. The van der Waals surface area contributed by atoms with E-state index in [2.05, 4.69) is 4.98 Å². The van der Waals surface area contributed by atoms with E-state index < -0.39 is 5.97 Å². The van der Waals surface area contributed by atoms with Gasteiger partial charge in [0.25, 0.3) is 0 Å². The number of nitrogen functional groups attached to an aromatic ring is 1. The Hall–Kier alpha value is -2.63. The van der Waals surface area contributed by atoms with Crippen LogP contribution in [0.25, 0.3) is 11.3 Å². The summed E-state index contributed by atoms with van der Waals surface area (Å²) >= 11 is 0. The molecule has 1 aromatic heterocycles. The summed E-state index contributed by atoms with van der Waals surface area (Å²) in [5, 5.41) is 9.01. The second-order valence-corrected chi connectivity index (χ2v) is 4.53. The highest BCUT2D eigenvalue weighted by Crippen LogP contribution is 2.34. The molecule has 1 aliphatic heterocycles. The second-order valence-electron chi connectivity index (χ2n) is 4.53. The van der Waals surface area contributed by atoms with Crippen LogP contribution >= 0.6 is 0 Å². The zero-order valence-electron chi connectivity index (χ0n) is 10.7. The molecule has 4 N–H and O–H groups in total. The first-order chi connectivity index (χ1) is 9.65. The fourth-order valence-corrected chi connectivity index (χ4v) is 2.13. The van der Waals surface area contributed by atoms with Crippen molar-refractivity contribution < 1.29 is 19.4 Å². The molecule has 2 heterocycles. The highest BCUT2D eigenvalue weighted by molar-refractivity contribution is 5.95. The van der Waals surface area contributed by atoms with Gasteiger partial charge in [0.05, 0.1) is 13.2 Å². The van der Waals surface area contributed by atoms with E-state index in [1.54, 1.807) is 0 Å². The van der Waals surface area contributed by atoms with Crippen LogP contribution in [0.2, 0.25) is 0 Å². The summed E-state index contributed by atoms with van der Waals surface area (Å²) < 4.78 is 11.2. The molecule has 1 aliphatic rings. The third-order valence-electron chi connectivity index (χ3n) is 3.14. The van der Waals surface area contributed by atoms with Crippen molar-refractivity contribution in [1.29, 1.82) is 0 Å². The van der Waals surface area contributed by atoms with E-state index in [9.17, 15) is 4.79 Å². The van der Waals surface area contributed by atoms with E-state index in [0.29, 0.717) is 30.4 Å². The van der Waals surface area contributed by atoms with Gasteiger partial charge < -0.3 is 25.3 Å². The Bertz CT molecular complexity index is 663. The quantitative estimate of drug-likeness (QED) is 0.779. The first kappa shape index (κ1) is 12.4. The smallest absolute Gasteiger partial charge is 0.339 e. The average Bonchev–Trinajstić information content (AvgIpc) is 2.68. The topological polar surface area (TPSA) is 97.6 Å². The van der Waals surface area contributed by atoms with Crippen molar-refractivity contribution in [3.63, 3.8) is 0 Å². The number of carboxylic acids is 1. The molecule has 0 spiro atoms. The minimum atomic E-state index is -1.06.